The SMILES string of the molecule is Cc1ccoc1C(=O)NCCSc1ccc(Cl)cc1. The summed E-state index contributed by atoms with van der Waals surface area (Å²) in [7, 11) is 0. The van der Waals surface area contributed by atoms with Gasteiger partial charge in [0, 0.05) is 27.8 Å². The quantitative estimate of drug-likeness (QED) is 0.674. The lowest BCUT2D eigenvalue weighted by molar-refractivity contribution is 0.0927. The maximum Gasteiger partial charge on any atom is 0.287 e. The van der Waals surface area contributed by atoms with Gasteiger partial charge in [0.1, 0.15) is 0 Å². The van der Waals surface area contributed by atoms with Crippen LogP contribution in [0.25, 0.3) is 0 Å². The highest BCUT2D eigenvalue weighted by atomic mass is 35.5. The smallest absolute Gasteiger partial charge is 0.287 e. The standard InChI is InChI=1S/C14H14ClNO2S/c1-10-6-8-18-13(10)14(17)16-7-9-19-12-4-2-11(15)3-5-12/h2-6,8H,7,9H2,1H3,(H,16,17). The number of amides is 1. The number of hydrogen-bond acceptors (Lipinski definition) is 3. The summed E-state index contributed by atoms with van der Waals surface area (Å²) >= 11 is 7.48. The minimum absolute atomic E-state index is 0.167. The van der Waals surface area contributed by atoms with Gasteiger partial charge in [-0.25, -0.2) is 0 Å². The van der Waals surface area contributed by atoms with Crippen molar-refractivity contribution in [2.45, 2.75) is 11.8 Å². The monoisotopic (exact) mass is 295 g/mol. The highest BCUT2D eigenvalue weighted by Gasteiger charge is 2.11. The van der Waals surface area contributed by atoms with Crippen LogP contribution < -0.4 is 5.32 Å². The Kier molecular flexibility index (Phi) is 4.93. The highest BCUT2D eigenvalue weighted by Crippen LogP contribution is 2.19. The van der Waals surface area contributed by atoms with E-state index in [2.05, 4.69) is 5.32 Å². The molecule has 0 fully saturated rings. The number of thioether (sulfide) groups is 1. The normalized spacial score (nSPS) is 10.4. The van der Waals surface area contributed by atoms with Crippen LogP contribution in [0.4, 0.5) is 0 Å². The minimum Gasteiger partial charge on any atom is -0.459 e. The van der Waals surface area contributed by atoms with E-state index in [4.69, 9.17) is 16.0 Å². The second-order valence-electron chi connectivity index (χ2n) is 3.99. The second kappa shape index (κ2) is 6.68. The van der Waals surface area contributed by atoms with E-state index in [1.807, 2.05) is 31.2 Å². The predicted octanol–water partition coefficient (Wildman–Crippen LogP) is 3.76. The molecule has 0 radical (unpaired) electrons. The van der Waals surface area contributed by atoms with Gasteiger partial charge in [-0.3, -0.25) is 4.79 Å². The molecule has 0 unspecified atom stereocenters. The molecule has 1 aromatic heterocycles. The number of furan rings is 1. The van der Waals surface area contributed by atoms with Crippen molar-refractivity contribution in [3.63, 3.8) is 0 Å². The van der Waals surface area contributed by atoms with Gasteiger partial charge in [-0.15, -0.1) is 11.8 Å². The lowest BCUT2D eigenvalue weighted by Gasteiger charge is -2.04. The molecule has 1 aromatic carbocycles. The zero-order valence-electron chi connectivity index (χ0n) is 10.5. The van der Waals surface area contributed by atoms with E-state index >= 15 is 0 Å². The number of carbonyl (C=O) groups is 1. The minimum atomic E-state index is -0.167. The van der Waals surface area contributed by atoms with Gasteiger partial charge in [-0.1, -0.05) is 11.6 Å². The van der Waals surface area contributed by atoms with Gasteiger partial charge in [-0.2, -0.15) is 0 Å². The van der Waals surface area contributed by atoms with Crippen LogP contribution in [0, 0.1) is 6.92 Å². The number of nitrogens with one attached hydrogen (secondary N) is 1. The maximum atomic E-state index is 11.8. The van der Waals surface area contributed by atoms with Crippen molar-refractivity contribution in [2.75, 3.05) is 12.3 Å². The topological polar surface area (TPSA) is 42.2 Å². The van der Waals surface area contributed by atoms with Crippen molar-refractivity contribution < 1.29 is 9.21 Å². The highest BCUT2D eigenvalue weighted by molar-refractivity contribution is 7.99. The van der Waals surface area contributed by atoms with E-state index in [9.17, 15) is 4.79 Å². The molecule has 1 heterocycles. The number of carbonyl (C=O) groups excluding carboxylic acids is 1. The molecule has 3 nitrogen and oxygen atoms in total. The molecule has 0 bridgehead atoms. The van der Waals surface area contributed by atoms with Crippen molar-refractivity contribution in [2.24, 2.45) is 0 Å². The molecule has 1 N–H and O–H groups in total. The Balaban J connectivity index is 1.74. The molecule has 0 spiro atoms. The molecule has 19 heavy (non-hydrogen) atoms. The molecule has 0 aliphatic carbocycles. The van der Waals surface area contributed by atoms with Gasteiger partial charge in [0.05, 0.1) is 6.26 Å². The first-order valence-corrected chi connectivity index (χ1v) is 7.24. The van der Waals surface area contributed by atoms with Gasteiger partial charge < -0.3 is 9.73 Å². The van der Waals surface area contributed by atoms with Crippen LogP contribution in [0.5, 0.6) is 0 Å². The lowest BCUT2D eigenvalue weighted by Crippen LogP contribution is -2.25. The summed E-state index contributed by atoms with van der Waals surface area (Å²) in [4.78, 5) is 12.9. The van der Waals surface area contributed by atoms with Crippen LogP contribution in [0.3, 0.4) is 0 Å². The van der Waals surface area contributed by atoms with Crippen LogP contribution in [0.2, 0.25) is 5.02 Å². The van der Waals surface area contributed by atoms with E-state index < -0.39 is 0 Å². The molecule has 2 aromatic rings. The molecule has 0 saturated carbocycles. The first kappa shape index (κ1) is 14.0. The summed E-state index contributed by atoms with van der Waals surface area (Å²) in [6, 6.07) is 9.41. The van der Waals surface area contributed by atoms with Crippen molar-refractivity contribution in [1.29, 1.82) is 0 Å². The molecule has 5 heteroatoms. The number of halogens is 1. The Hall–Kier alpha value is -1.39. The van der Waals surface area contributed by atoms with Gasteiger partial charge >= 0.3 is 0 Å². The summed E-state index contributed by atoms with van der Waals surface area (Å²) in [6.07, 6.45) is 1.52. The van der Waals surface area contributed by atoms with E-state index in [1.54, 1.807) is 17.8 Å². The van der Waals surface area contributed by atoms with Crippen molar-refractivity contribution >= 4 is 29.3 Å². The van der Waals surface area contributed by atoms with Crippen molar-refractivity contribution in [1.82, 2.24) is 5.32 Å². The number of benzene rings is 1. The van der Waals surface area contributed by atoms with E-state index in [0.29, 0.717) is 12.3 Å². The Bertz CT molecular complexity index is 551. The lowest BCUT2D eigenvalue weighted by atomic mass is 10.3. The van der Waals surface area contributed by atoms with Crippen LogP contribution in [0.15, 0.2) is 45.9 Å². The molecular formula is C14H14ClNO2S. The number of rotatable bonds is 5. The Morgan fingerprint density at radius 2 is 2.05 bits per heavy atom. The summed E-state index contributed by atoms with van der Waals surface area (Å²) in [5, 5.41) is 3.56. The molecule has 0 saturated heterocycles. The molecule has 2 rings (SSSR count). The number of aryl methyl sites for hydroxylation is 1. The van der Waals surface area contributed by atoms with E-state index in [0.717, 1.165) is 21.2 Å². The summed E-state index contributed by atoms with van der Waals surface area (Å²) in [5.41, 5.74) is 0.850. The van der Waals surface area contributed by atoms with Gasteiger partial charge in [0.15, 0.2) is 5.76 Å². The largest absolute Gasteiger partial charge is 0.459 e. The maximum absolute atomic E-state index is 11.8. The Labute approximate surface area is 121 Å². The van der Waals surface area contributed by atoms with Gasteiger partial charge in [0.2, 0.25) is 0 Å². The molecule has 0 atom stereocenters. The third kappa shape index (κ3) is 4.04. The third-order valence-electron chi connectivity index (χ3n) is 2.54. The average molecular weight is 296 g/mol. The molecule has 1 amide bonds. The zero-order chi connectivity index (χ0) is 13.7. The predicted molar refractivity (Wildman–Crippen MR) is 78.0 cm³/mol. The summed E-state index contributed by atoms with van der Waals surface area (Å²) < 4.78 is 5.12. The van der Waals surface area contributed by atoms with E-state index in [-0.39, 0.29) is 5.91 Å². The first-order valence-electron chi connectivity index (χ1n) is 5.87. The van der Waals surface area contributed by atoms with Crippen molar-refractivity contribution in [3.8, 4) is 0 Å². The third-order valence-corrected chi connectivity index (χ3v) is 3.80. The summed E-state index contributed by atoms with van der Waals surface area (Å²) in [6.45, 7) is 2.44. The summed E-state index contributed by atoms with van der Waals surface area (Å²) in [5.74, 6) is 1.02. The van der Waals surface area contributed by atoms with Gasteiger partial charge in [-0.05, 0) is 37.3 Å². The van der Waals surface area contributed by atoms with Crippen molar-refractivity contribution in [3.05, 3.63) is 52.9 Å². The van der Waals surface area contributed by atoms with Crippen LogP contribution in [-0.4, -0.2) is 18.2 Å². The Morgan fingerprint density at radius 3 is 2.68 bits per heavy atom. The molecule has 100 valence electrons. The average Bonchev–Trinajstić information content (AvgIpc) is 2.83. The molecular weight excluding hydrogens is 282 g/mol. The van der Waals surface area contributed by atoms with Crippen LogP contribution >= 0.6 is 23.4 Å². The van der Waals surface area contributed by atoms with Gasteiger partial charge in [0.25, 0.3) is 5.91 Å². The Morgan fingerprint density at radius 1 is 1.32 bits per heavy atom. The van der Waals surface area contributed by atoms with E-state index in [1.165, 1.54) is 6.26 Å². The number of hydrogen-bond donors (Lipinski definition) is 1. The van der Waals surface area contributed by atoms with Crippen LogP contribution in [0.1, 0.15) is 16.1 Å². The fraction of sp³-hybridized carbons (Fsp3) is 0.214. The zero-order valence-corrected chi connectivity index (χ0v) is 12.1. The van der Waals surface area contributed by atoms with Crippen LogP contribution in [-0.2, 0) is 0 Å². The molecule has 0 aliphatic heterocycles. The first-order chi connectivity index (χ1) is 9.16. The fourth-order valence-electron chi connectivity index (χ4n) is 1.55. The fourth-order valence-corrected chi connectivity index (χ4v) is 2.44. The molecule has 0 aliphatic rings. The second-order valence-corrected chi connectivity index (χ2v) is 5.60.